The molecule has 6 rings (SSSR count). The molecule has 1 aliphatic heterocycles. The number of carbonyl (C=O) groups excluding carboxylic acids is 5. The number of aromatic nitrogens is 4. The van der Waals surface area contributed by atoms with Crippen LogP contribution < -0.4 is 10.2 Å². The van der Waals surface area contributed by atoms with Crippen LogP contribution in [0.15, 0.2) is 42.2 Å². The summed E-state index contributed by atoms with van der Waals surface area (Å²) in [6.45, 7) is 13.9. The lowest BCUT2D eigenvalue weighted by atomic mass is 10.0. The molecule has 0 spiro atoms. The second-order valence-electron chi connectivity index (χ2n) is 15.2. The molecule has 0 radical (unpaired) electrons. The number of rotatable bonds is 5. The van der Waals surface area contributed by atoms with E-state index in [1.807, 2.05) is 23.7 Å². The van der Waals surface area contributed by atoms with Gasteiger partial charge < -0.3 is 24.6 Å². The fourth-order valence-corrected chi connectivity index (χ4v) is 7.30. The van der Waals surface area contributed by atoms with Crippen molar-refractivity contribution in [2.24, 2.45) is 5.41 Å². The molecule has 1 aliphatic carbocycles. The number of imide groups is 1. The van der Waals surface area contributed by atoms with Gasteiger partial charge in [-0.15, -0.1) is 11.3 Å². The number of alkyl halides is 3. The topological polar surface area (TPSA) is 169 Å². The maximum absolute atomic E-state index is 12.9. The van der Waals surface area contributed by atoms with Crippen molar-refractivity contribution in [1.29, 1.82) is 0 Å². The summed E-state index contributed by atoms with van der Waals surface area (Å²) < 4.78 is 52.3. The number of thiazole rings is 1. The number of hydrogen-bond acceptors (Lipinski definition) is 11. The number of piperazine rings is 1. The fraction of sp³-hybridized carbons (Fsp3) is 0.500. The third kappa shape index (κ3) is 11.7. The summed E-state index contributed by atoms with van der Waals surface area (Å²) >= 11 is 3.82. The van der Waals surface area contributed by atoms with Crippen LogP contribution in [-0.2, 0) is 23.9 Å². The van der Waals surface area contributed by atoms with E-state index in [0.717, 1.165) is 10.4 Å². The van der Waals surface area contributed by atoms with Crippen LogP contribution in [0.1, 0.15) is 68.2 Å². The molecule has 2 unspecified atom stereocenters. The molecule has 2 aliphatic rings. The van der Waals surface area contributed by atoms with E-state index in [9.17, 15) is 37.1 Å². The van der Waals surface area contributed by atoms with Gasteiger partial charge in [0.25, 0.3) is 0 Å². The van der Waals surface area contributed by atoms with E-state index in [2.05, 4.69) is 48.5 Å². The van der Waals surface area contributed by atoms with Crippen molar-refractivity contribution in [1.82, 2.24) is 29.3 Å². The highest BCUT2D eigenvalue weighted by atomic mass is 127. The SMILES string of the molecule is CC(=O)Nc1cnc(N(C(=O)OC(C)(C)C)C(=O)OC(C)(C)C)c2cn(PI)nc12.CC1CN(C=O)CCN1C(=O)C1(C(F)(F)F)CC1.c1ccc2scnc2c1. The van der Waals surface area contributed by atoms with Crippen molar-refractivity contribution in [3.63, 3.8) is 0 Å². The van der Waals surface area contributed by atoms with Gasteiger partial charge in [-0.25, -0.2) is 24.0 Å². The van der Waals surface area contributed by atoms with Crippen molar-refractivity contribution >= 4 is 103 Å². The molecule has 0 bridgehead atoms. The monoisotopic (exact) mass is 948 g/mol. The Hall–Kier alpha value is -4.17. The summed E-state index contributed by atoms with van der Waals surface area (Å²) in [4.78, 5) is 71.9. The van der Waals surface area contributed by atoms with Gasteiger partial charge in [0.15, 0.2) is 5.82 Å². The lowest BCUT2D eigenvalue weighted by Gasteiger charge is -2.40. The third-order valence-corrected chi connectivity index (χ3v) is 11.0. The zero-order valence-corrected chi connectivity index (χ0v) is 36.6. The first kappa shape index (κ1) is 45.5. The standard InChI is InChI=1S/C18H25IN5O5P.C11H15F3N2O2.C7H5NS/c1-10(25)21-12-8-20-14(11-9-23(30-19)22-13(11)12)24(15(26)28-17(2,3)4)16(27)29-18(5,6)7;1-8-6-15(7-17)4-5-16(8)9(18)10(2-3-10)11(12,13)14;1-2-4-7-6(3-1)8-5-9-7/h8-9,30H,1-7H3,(H,21,25);7-8H,2-6H2,1H3;1-5H. The van der Waals surface area contributed by atoms with Gasteiger partial charge >= 0.3 is 18.4 Å². The van der Waals surface area contributed by atoms with Crippen LogP contribution in [-0.4, -0.2) is 103 Å². The number of para-hydroxylation sites is 1. The summed E-state index contributed by atoms with van der Waals surface area (Å²) in [6.07, 6.45) is -2.65. The zero-order chi connectivity index (χ0) is 42.5. The smallest absolute Gasteiger partial charge is 0.425 e. The summed E-state index contributed by atoms with van der Waals surface area (Å²) in [5.41, 5.74) is -0.127. The predicted molar refractivity (Wildman–Crippen MR) is 221 cm³/mol. The van der Waals surface area contributed by atoms with Crippen LogP contribution in [0.4, 0.5) is 34.3 Å². The van der Waals surface area contributed by atoms with E-state index in [0.29, 0.717) is 36.1 Å². The Kier molecular flexibility index (Phi) is 14.5. The number of benzene rings is 1. The minimum absolute atomic E-state index is 0.00324. The Labute approximate surface area is 346 Å². The first-order valence-electron chi connectivity index (χ1n) is 17.6. The summed E-state index contributed by atoms with van der Waals surface area (Å²) in [7, 11) is 0. The predicted octanol–water partition coefficient (Wildman–Crippen LogP) is 8.17. The lowest BCUT2D eigenvalue weighted by molar-refractivity contribution is -0.200. The Morgan fingerprint density at radius 2 is 1.63 bits per heavy atom. The van der Waals surface area contributed by atoms with E-state index >= 15 is 0 Å². The molecule has 310 valence electrons. The number of ether oxygens (including phenoxy) is 2. The van der Waals surface area contributed by atoms with E-state index in [1.165, 1.54) is 27.6 Å². The molecule has 1 N–H and O–H groups in total. The zero-order valence-electron chi connectivity index (χ0n) is 32.6. The first-order valence-corrected chi connectivity index (χ1v) is 22.6. The van der Waals surface area contributed by atoms with Gasteiger partial charge in [-0.05, 0) is 95.5 Å². The maximum Gasteiger partial charge on any atom is 0.425 e. The highest BCUT2D eigenvalue weighted by molar-refractivity contribution is 14.2. The van der Waals surface area contributed by atoms with Gasteiger partial charge in [-0.3, -0.25) is 14.4 Å². The molecule has 5 amide bonds. The number of nitrogens with zero attached hydrogens (tertiary/aromatic N) is 7. The van der Waals surface area contributed by atoms with Crippen molar-refractivity contribution < 1.29 is 46.6 Å². The Morgan fingerprint density at radius 1 is 1.02 bits per heavy atom. The third-order valence-electron chi connectivity index (χ3n) is 8.30. The van der Waals surface area contributed by atoms with E-state index in [4.69, 9.17) is 9.47 Å². The van der Waals surface area contributed by atoms with Gasteiger partial charge in [0.2, 0.25) is 18.2 Å². The lowest BCUT2D eigenvalue weighted by Crippen LogP contribution is -2.57. The molecule has 15 nitrogen and oxygen atoms in total. The quantitative estimate of drug-likeness (QED) is 0.117. The molecule has 1 saturated heterocycles. The van der Waals surface area contributed by atoms with Gasteiger partial charge in [0, 0.05) is 38.8 Å². The van der Waals surface area contributed by atoms with Crippen LogP contribution in [0.3, 0.4) is 0 Å². The molecule has 1 aromatic carbocycles. The van der Waals surface area contributed by atoms with E-state index in [1.54, 1.807) is 70.5 Å². The maximum atomic E-state index is 12.9. The number of halogens is 4. The Bertz CT molecular complexity index is 2040. The number of hydrogen-bond donors (Lipinski definition) is 1. The molecule has 4 aromatic rings. The highest BCUT2D eigenvalue weighted by Crippen LogP contribution is 2.58. The van der Waals surface area contributed by atoms with Crippen molar-refractivity contribution in [2.75, 3.05) is 29.9 Å². The van der Waals surface area contributed by atoms with Crippen LogP contribution in [0.5, 0.6) is 0 Å². The van der Waals surface area contributed by atoms with Gasteiger partial charge in [-0.1, -0.05) is 12.1 Å². The van der Waals surface area contributed by atoms with Crippen LogP contribution >= 0.6 is 39.8 Å². The second kappa shape index (κ2) is 18.2. The van der Waals surface area contributed by atoms with E-state index in [-0.39, 0.29) is 43.5 Å². The van der Waals surface area contributed by atoms with Crippen molar-refractivity contribution in [3.05, 3.63) is 42.2 Å². The van der Waals surface area contributed by atoms with E-state index < -0.39 is 40.9 Å². The first-order chi connectivity index (χ1) is 26.5. The van der Waals surface area contributed by atoms with Gasteiger partial charge in [0.05, 0.1) is 39.4 Å². The minimum atomic E-state index is -4.47. The highest BCUT2D eigenvalue weighted by Gasteiger charge is 2.69. The normalized spacial score (nSPS) is 16.6. The molecular weight excluding hydrogens is 903 g/mol. The molecule has 57 heavy (non-hydrogen) atoms. The Morgan fingerprint density at radius 3 is 2.12 bits per heavy atom. The summed E-state index contributed by atoms with van der Waals surface area (Å²) in [6, 6.07) is 7.76. The molecule has 21 heteroatoms. The molecule has 2 fully saturated rings. The summed E-state index contributed by atoms with van der Waals surface area (Å²) in [5, 5.41) is 7.48. The Balaban J connectivity index is 0.000000221. The van der Waals surface area contributed by atoms with Crippen LogP contribution in [0.25, 0.3) is 21.1 Å². The summed E-state index contributed by atoms with van der Waals surface area (Å²) in [5.74, 6) is -1.12. The van der Waals surface area contributed by atoms with Gasteiger partial charge in [-0.2, -0.15) is 23.2 Å². The average molecular weight is 949 g/mol. The second-order valence-corrected chi connectivity index (χ2v) is 18.2. The average Bonchev–Trinajstić information content (AvgIpc) is 3.59. The molecule has 4 heterocycles. The molecule has 1 saturated carbocycles. The number of nitrogens with one attached hydrogen (secondary N) is 1. The van der Waals surface area contributed by atoms with Crippen LogP contribution in [0.2, 0.25) is 0 Å². The number of pyridine rings is 1. The van der Waals surface area contributed by atoms with Gasteiger partial charge in [0.1, 0.15) is 22.1 Å². The largest absolute Gasteiger partial charge is 0.443 e. The van der Waals surface area contributed by atoms with Crippen molar-refractivity contribution in [3.8, 4) is 0 Å². The number of amides is 5. The van der Waals surface area contributed by atoms with Crippen molar-refractivity contribution in [2.45, 2.75) is 91.7 Å². The minimum Gasteiger partial charge on any atom is -0.443 e. The number of carbonyl (C=O) groups is 5. The molecular formula is C36H45F3IN8O7PS. The number of anilines is 2. The molecule has 3 aromatic heterocycles. The fourth-order valence-electron chi connectivity index (χ4n) is 5.56. The van der Waals surface area contributed by atoms with Crippen LogP contribution in [0, 0.1) is 5.41 Å². The molecule has 2 atom stereocenters. The number of fused-ring (bicyclic) bond motifs is 2.